The van der Waals surface area contributed by atoms with Crippen LogP contribution >= 0.6 is 0 Å². The van der Waals surface area contributed by atoms with Crippen LogP contribution < -0.4 is 10.6 Å². The lowest BCUT2D eigenvalue weighted by atomic mass is 9.96. The summed E-state index contributed by atoms with van der Waals surface area (Å²) in [5.74, 6) is 0.802. The monoisotopic (exact) mass is 308 g/mol. The normalized spacial score (nSPS) is 28.5. The van der Waals surface area contributed by atoms with Gasteiger partial charge in [-0.15, -0.1) is 0 Å². The van der Waals surface area contributed by atoms with Crippen molar-refractivity contribution in [3.8, 4) is 0 Å². The van der Waals surface area contributed by atoms with E-state index in [2.05, 4.69) is 15.5 Å². The van der Waals surface area contributed by atoms with Gasteiger partial charge in [-0.1, -0.05) is 19.3 Å². The third-order valence-electron chi connectivity index (χ3n) is 5.51. The molecule has 3 aliphatic rings. The van der Waals surface area contributed by atoms with Crippen LogP contribution in [-0.2, 0) is 0 Å². The molecule has 3 rings (SSSR count). The van der Waals surface area contributed by atoms with Gasteiger partial charge < -0.3 is 15.5 Å². The zero-order valence-electron chi connectivity index (χ0n) is 13.9. The molecule has 5 nitrogen and oxygen atoms in total. The molecule has 2 heterocycles. The lowest BCUT2D eigenvalue weighted by Gasteiger charge is -2.38. The van der Waals surface area contributed by atoms with Gasteiger partial charge in [-0.25, -0.2) is 4.79 Å². The van der Waals surface area contributed by atoms with Crippen LogP contribution in [0.15, 0.2) is 0 Å². The number of rotatable bonds is 3. The molecule has 1 aliphatic carbocycles. The highest BCUT2D eigenvalue weighted by molar-refractivity contribution is 5.74. The maximum Gasteiger partial charge on any atom is 0.317 e. The Balaban J connectivity index is 1.36. The van der Waals surface area contributed by atoms with Gasteiger partial charge in [0, 0.05) is 38.8 Å². The number of piperidine rings is 1. The molecule has 22 heavy (non-hydrogen) atoms. The van der Waals surface area contributed by atoms with E-state index in [1.807, 2.05) is 4.90 Å². The molecule has 2 aliphatic heterocycles. The van der Waals surface area contributed by atoms with E-state index in [9.17, 15) is 4.79 Å². The number of nitrogens with zero attached hydrogens (tertiary/aromatic N) is 2. The van der Waals surface area contributed by atoms with E-state index in [0.29, 0.717) is 6.04 Å². The summed E-state index contributed by atoms with van der Waals surface area (Å²) in [7, 11) is 0. The Hall–Kier alpha value is -0.810. The molecule has 126 valence electrons. The molecule has 1 unspecified atom stereocenters. The number of carbonyl (C=O) groups is 1. The van der Waals surface area contributed by atoms with Crippen molar-refractivity contribution in [2.75, 3.05) is 45.8 Å². The Morgan fingerprint density at radius 1 is 1.00 bits per heavy atom. The van der Waals surface area contributed by atoms with Crippen LogP contribution in [-0.4, -0.2) is 67.7 Å². The minimum Gasteiger partial charge on any atom is -0.335 e. The molecule has 2 saturated heterocycles. The third kappa shape index (κ3) is 4.59. The summed E-state index contributed by atoms with van der Waals surface area (Å²) >= 11 is 0. The SMILES string of the molecule is O=C(NC1CCCCC1)N1CCN(CC2CCCNC2)CC1. The largest absolute Gasteiger partial charge is 0.335 e. The van der Waals surface area contributed by atoms with Gasteiger partial charge in [-0.05, 0) is 44.7 Å². The average molecular weight is 308 g/mol. The molecule has 1 atom stereocenters. The van der Waals surface area contributed by atoms with Crippen molar-refractivity contribution in [2.24, 2.45) is 5.92 Å². The number of amides is 2. The van der Waals surface area contributed by atoms with Crippen LogP contribution in [0.3, 0.4) is 0 Å². The summed E-state index contributed by atoms with van der Waals surface area (Å²) in [6.07, 6.45) is 8.88. The van der Waals surface area contributed by atoms with Crippen LogP contribution in [0.5, 0.6) is 0 Å². The molecule has 0 radical (unpaired) electrons. The number of urea groups is 1. The van der Waals surface area contributed by atoms with E-state index in [0.717, 1.165) is 32.1 Å². The number of nitrogens with one attached hydrogen (secondary N) is 2. The first kappa shape index (κ1) is 16.1. The number of hydrogen-bond donors (Lipinski definition) is 2. The van der Waals surface area contributed by atoms with Gasteiger partial charge in [-0.3, -0.25) is 4.90 Å². The van der Waals surface area contributed by atoms with E-state index in [1.54, 1.807) is 0 Å². The molecule has 0 bridgehead atoms. The predicted molar refractivity (Wildman–Crippen MR) is 89.0 cm³/mol. The molecule has 3 fully saturated rings. The lowest BCUT2D eigenvalue weighted by molar-refractivity contribution is 0.119. The molecular weight excluding hydrogens is 276 g/mol. The van der Waals surface area contributed by atoms with Crippen LogP contribution in [0.4, 0.5) is 4.79 Å². The first-order valence-corrected chi connectivity index (χ1v) is 9.30. The van der Waals surface area contributed by atoms with Gasteiger partial charge >= 0.3 is 6.03 Å². The van der Waals surface area contributed by atoms with Crippen molar-refractivity contribution in [3.63, 3.8) is 0 Å². The summed E-state index contributed by atoms with van der Waals surface area (Å²) in [4.78, 5) is 16.9. The fourth-order valence-electron chi connectivity index (χ4n) is 4.09. The fraction of sp³-hybridized carbons (Fsp3) is 0.941. The molecule has 5 heteroatoms. The smallest absolute Gasteiger partial charge is 0.317 e. The van der Waals surface area contributed by atoms with Gasteiger partial charge in [0.05, 0.1) is 0 Å². The van der Waals surface area contributed by atoms with Crippen molar-refractivity contribution in [2.45, 2.75) is 51.0 Å². The molecule has 2 amide bonds. The van der Waals surface area contributed by atoms with Crippen molar-refractivity contribution in [1.82, 2.24) is 20.4 Å². The fourth-order valence-corrected chi connectivity index (χ4v) is 4.09. The van der Waals surface area contributed by atoms with Crippen LogP contribution in [0.1, 0.15) is 44.9 Å². The topological polar surface area (TPSA) is 47.6 Å². The molecule has 0 aromatic rings. The first-order valence-electron chi connectivity index (χ1n) is 9.30. The minimum absolute atomic E-state index is 0.172. The lowest BCUT2D eigenvalue weighted by Crippen LogP contribution is -2.54. The van der Waals surface area contributed by atoms with Crippen molar-refractivity contribution >= 4 is 6.03 Å². The Bertz CT molecular complexity index is 343. The molecule has 0 aromatic heterocycles. The van der Waals surface area contributed by atoms with Crippen molar-refractivity contribution < 1.29 is 4.79 Å². The maximum absolute atomic E-state index is 12.3. The molecular formula is C17H32N4O. The summed E-state index contributed by atoms with van der Waals surface area (Å²) in [5.41, 5.74) is 0. The second-order valence-corrected chi connectivity index (χ2v) is 7.28. The highest BCUT2D eigenvalue weighted by atomic mass is 16.2. The van der Waals surface area contributed by atoms with E-state index >= 15 is 0 Å². The van der Waals surface area contributed by atoms with Crippen molar-refractivity contribution in [1.29, 1.82) is 0 Å². The zero-order chi connectivity index (χ0) is 15.2. The van der Waals surface area contributed by atoms with Crippen molar-refractivity contribution in [3.05, 3.63) is 0 Å². The van der Waals surface area contributed by atoms with Gasteiger partial charge in [0.1, 0.15) is 0 Å². The highest BCUT2D eigenvalue weighted by Crippen LogP contribution is 2.18. The maximum atomic E-state index is 12.3. The Morgan fingerprint density at radius 3 is 2.45 bits per heavy atom. The standard InChI is InChI=1S/C17H32N4O/c22-17(19-16-6-2-1-3-7-16)21-11-9-20(10-12-21)14-15-5-4-8-18-13-15/h15-16,18H,1-14H2,(H,19,22). The molecule has 2 N–H and O–H groups in total. The van der Waals surface area contributed by atoms with Gasteiger partial charge in [-0.2, -0.15) is 0 Å². The second-order valence-electron chi connectivity index (χ2n) is 7.28. The molecule has 0 spiro atoms. The first-order chi connectivity index (χ1) is 10.8. The summed E-state index contributed by atoms with van der Waals surface area (Å²) < 4.78 is 0. The summed E-state index contributed by atoms with van der Waals surface area (Å²) in [6, 6.07) is 0.596. The minimum atomic E-state index is 0.172. The average Bonchev–Trinajstić information content (AvgIpc) is 2.57. The van der Waals surface area contributed by atoms with E-state index in [4.69, 9.17) is 0 Å². The van der Waals surface area contributed by atoms with Gasteiger partial charge in [0.15, 0.2) is 0 Å². The predicted octanol–water partition coefficient (Wildman–Crippen LogP) is 1.65. The quantitative estimate of drug-likeness (QED) is 0.833. The number of piperazine rings is 1. The van der Waals surface area contributed by atoms with E-state index < -0.39 is 0 Å². The number of hydrogen-bond acceptors (Lipinski definition) is 3. The summed E-state index contributed by atoms with van der Waals surface area (Å²) in [6.45, 7) is 7.40. The van der Waals surface area contributed by atoms with Crippen LogP contribution in [0, 0.1) is 5.92 Å². The summed E-state index contributed by atoms with van der Waals surface area (Å²) in [5, 5.41) is 6.74. The van der Waals surface area contributed by atoms with E-state index in [-0.39, 0.29) is 6.03 Å². The second kappa shape index (κ2) is 8.16. The Kier molecular flexibility index (Phi) is 5.96. The highest BCUT2D eigenvalue weighted by Gasteiger charge is 2.25. The van der Waals surface area contributed by atoms with Gasteiger partial charge in [0.25, 0.3) is 0 Å². The zero-order valence-corrected chi connectivity index (χ0v) is 13.9. The van der Waals surface area contributed by atoms with Crippen LogP contribution in [0.2, 0.25) is 0 Å². The Labute approximate surface area is 134 Å². The van der Waals surface area contributed by atoms with E-state index in [1.165, 1.54) is 64.6 Å². The number of carbonyl (C=O) groups excluding carboxylic acids is 1. The Morgan fingerprint density at radius 2 is 1.77 bits per heavy atom. The van der Waals surface area contributed by atoms with Crippen LogP contribution in [0.25, 0.3) is 0 Å². The molecule has 0 aromatic carbocycles. The van der Waals surface area contributed by atoms with Gasteiger partial charge in [0.2, 0.25) is 0 Å². The molecule has 1 saturated carbocycles. The third-order valence-corrected chi connectivity index (χ3v) is 5.51.